The number of benzene rings is 1. The van der Waals surface area contributed by atoms with Crippen LogP contribution < -0.4 is 5.32 Å². The van der Waals surface area contributed by atoms with E-state index in [1.807, 2.05) is 0 Å². The summed E-state index contributed by atoms with van der Waals surface area (Å²) in [7, 11) is 0. The van der Waals surface area contributed by atoms with Crippen molar-refractivity contribution in [3.05, 3.63) is 35.9 Å². The number of rotatable bonds is 5. The van der Waals surface area contributed by atoms with E-state index in [9.17, 15) is 0 Å². The minimum atomic E-state index is 0.662. The van der Waals surface area contributed by atoms with Gasteiger partial charge in [0, 0.05) is 12.1 Å². The molecule has 4 saturated carbocycles. The zero-order chi connectivity index (χ0) is 14.2. The van der Waals surface area contributed by atoms with E-state index in [0.29, 0.717) is 6.04 Å². The van der Waals surface area contributed by atoms with Crippen molar-refractivity contribution in [2.45, 2.75) is 64.0 Å². The highest BCUT2D eigenvalue weighted by Crippen LogP contribution is 2.53. The molecule has 0 aliphatic heterocycles. The van der Waals surface area contributed by atoms with E-state index in [1.165, 1.54) is 44.1 Å². The first-order valence-electron chi connectivity index (χ1n) is 9.11. The van der Waals surface area contributed by atoms with Crippen LogP contribution >= 0.6 is 0 Å². The second-order valence-electron chi connectivity index (χ2n) is 7.92. The topological polar surface area (TPSA) is 12.0 Å². The smallest absolute Gasteiger partial charge is 0.0127 e. The fourth-order valence-corrected chi connectivity index (χ4v) is 5.69. The Morgan fingerprint density at radius 2 is 1.57 bits per heavy atom. The van der Waals surface area contributed by atoms with E-state index in [4.69, 9.17) is 0 Å². The maximum absolute atomic E-state index is 4.10. The lowest BCUT2D eigenvalue weighted by molar-refractivity contribution is -0.0178. The van der Waals surface area contributed by atoms with Gasteiger partial charge in [0.1, 0.15) is 0 Å². The summed E-state index contributed by atoms with van der Waals surface area (Å²) in [5.74, 6) is 4.15. The van der Waals surface area contributed by atoms with Crippen molar-refractivity contribution in [2.75, 3.05) is 0 Å². The van der Waals surface area contributed by atoms with E-state index >= 15 is 0 Å². The molecule has 1 N–H and O–H groups in total. The molecule has 4 fully saturated rings. The van der Waals surface area contributed by atoms with E-state index in [1.54, 1.807) is 6.42 Å². The Morgan fingerprint density at radius 3 is 2.14 bits per heavy atom. The molecule has 1 aromatic rings. The molecule has 21 heavy (non-hydrogen) atoms. The lowest BCUT2D eigenvalue weighted by atomic mass is 9.54. The molecule has 0 spiro atoms. The summed E-state index contributed by atoms with van der Waals surface area (Å²) in [6.07, 6.45) is 10.1. The van der Waals surface area contributed by atoms with Gasteiger partial charge < -0.3 is 5.32 Å². The molecule has 1 atom stereocenters. The maximum atomic E-state index is 4.10. The van der Waals surface area contributed by atoms with Crippen LogP contribution in [0.3, 0.4) is 0 Å². The summed E-state index contributed by atoms with van der Waals surface area (Å²) in [5.41, 5.74) is 1.49. The van der Waals surface area contributed by atoms with Crippen molar-refractivity contribution >= 4 is 0 Å². The molecular weight excluding hydrogens is 254 g/mol. The van der Waals surface area contributed by atoms with Gasteiger partial charge in [0.15, 0.2) is 0 Å². The Kier molecular flexibility index (Phi) is 3.79. The van der Waals surface area contributed by atoms with E-state index < -0.39 is 0 Å². The Bertz CT molecular complexity index is 438. The van der Waals surface area contributed by atoms with Crippen LogP contribution in [0.25, 0.3) is 0 Å². The molecule has 114 valence electrons. The van der Waals surface area contributed by atoms with Crippen molar-refractivity contribution in [1.29, 1.82) is 0 Å². The van der Waals surface area contributed by atoms with Crippen molar-refractivity contribution in [3.8, 4) is 0 Å². The molecule has 0 aromatic heterocycles. The van der Waals surface area contributed by atoms with Crippen LogP contribution in [0, 0.1) is 23.7 Å². The van der Waals surface area contributed by atoms with Gasteiger partial charge >= 0.3 is 0 Å². The van der Waals surface area contributed by atoms with Gasteiger partial charge in [0.25, 0.3) is 0 Å². The molecule has 4 aliphatic carbocycles. The second-order valence-corrected chi connectivity index (χ2v) is 7.92. The molecule has 1 nitrogen and oxygen atoms in total. The third-order valence-electron chi connectivity index (χ3n) is 6.47. The van der Waals surface area contributed by atoms with Crippen LogP contribution in [-0.4, -0.2) is 12.1 Å². The Labute approximate surface area is 129 Å². The first kappa shape index (κ1) is 13.8. The average Bonchev–Trinajstić information content (AvgIpc) is 2.50. The van der Waals surface area contributed by atoms with Gasteiger partial charge in [-0.2, -0.15) is 0 Å². The normalized spacial score (nSPS) is 38.6. The lowest BCUT2D eigenvalue weighted by Crippen LogP contribution is -2.57. The Hall–Kier alpha value is -0.820. The summed E-state index contributed by atoms with van der Waals surface area (Å²) in [6.45, 7) is 2.34. The van der Waals surface area contributed by atoms with Crippen LogP contribution in [0.2, 0.25) is 0 Å². The second kappa shape index (κ2) is 5.76. The lowest BCUT2D eigenvalue weighted by Gasteiger charge is -2.55. The molecule has 0 amide bonds. The summed E-state index contributed by atoms with van der Waals surface area (Å²) in [6, 6.07) is 12.5. The van der Waals surface area contributed by atoms with Crippen LogP contribution in [0.1, 0.15) is 51.0 Å². The number of nitrogens with one attached hydrogen (secondary N) is 1. The van der Waals surface area contributed by atoms with Gasteiger partial charge in [-0.05, 0) is 74.2 Å². The molecule has 1 unspecified atom stereocenters. The van der Waals surface area contributed by atoms with E-state index in [0.717, 1.165) is 29.7 Å². The van der Waals surface area contributed by atoms with Crippen LogP contribution in [-0.2, 0) is 6.42 Å². The molecule has 1 heteroatoms. The monoisotopic (exact) mass is 283 g/mol. The molecule has 0 heterocycles. The quantitative estimate of drug-likeness (QED) is 0.843. The molecule has 5 rings (SSSR count). The predicted octanol–water partition coefficient (Wildman–Crippen LogP) is 4.42. The molecular formula is C20H29N. The molecule has 0 radical (unpaired) electrons. The van der Waals surface area contributed by atoms with Gasteiger partial charge in [-0.15, -0.1) is 0 Å². The van der Waals surface area contributed by atoms with E-state index in [-0.39, 0.29) is 0 Å². The SMILES string of the molecule is CCC(Cc1ccccc1)NC1C2CC3CC(C2)CC1C3. The highest BCUT2D eigenvalue weighted by atomic mass is 15.0. The third kappa shape index (κ3) is 2.77. The van der Waals surface area contributed by atoms with Crippen LogP contribution in [0.4, 0.5) is 0 Å². The van der Waals surface area contributed by atoms with Crippen LogP contribution in [0.15, 0.2) is 30.3 Å². The highest BCUT2D eigenvalue weighted by molar-refractivity contribution is 5.16. The summed E-state index contributed by atoms with van der Waals surface area (Å²) in [5, 5.41) is 4.10. The highest BCUT2D eigenvalue weighted by Gasteiger charge is 2.48. The minimum absolute atomic E-state index is 0.662. The van der Waals surface area contributed by atoms with Gasteiger partial charge in [0.05, 0.1) is 0 Å². The van der Waals surface area contributed by atoms with Gasteiger partial charge in [0.2, 0.25) is 0 Å². The number of hydrogen-bond donors (Lipinski definition) is 1. The molecule has 4 aliphatic rings. The summed E-state index contributed by atoms with van der Waals surface area (Å²) < 4.78 is 0. The Balaban J connectivity index is 1.42. The first-order chi connectivity index (χ1) is 10.3. The van der Waals surface area contributed by atoms with Crippen LogP contribution in [0.5, 0.6) is 0 Å². The number of hydrogen-bond acceptors (Lipinski definition) is 1. The van der Waals surface area contributed by atoms with Crippen molar-refractivity contribution in [3.63, 3.8) is 0 Å². The van der Waals surface area contributed by atoms with Crippen molar-refractivity contribution < 1.29 is 0 Å². The predicted molar refractivity (Wildman–Crippen MR) is 88.2 cm³/mol. The fraction of sp³-hybridized carbons (Fsp3) is 0.700. The standard InChI is InChI=1S/C20H29N/c1-2-19(13-14-6-4-3-5-7-14)21-20-17-9-15-8-16(11-17)12-18(20)10-15/h3-7,15-21H,2,8-13H2,1H3. The third-order valence-corrected chi connectivity index (χ3v) is 6.47. The summed E-state index contributed by atoms with van der Waals surface area (Å²) >= 11 is 0. The molecule has 4 bridgehead atoms. The molecule has 0 saturated heterocycles. The van der Waals surface area contributed by atoms with Crippen molar-refractivity contribution in [2.24, 2.45) is 23.7 Å². The molecule has 1 aromatic carbocycles. The van der Waals surface area contributed by atoms with Crippen molar-refractivity contribution in [1.82, 2.24) is 5.32 Å². The zero-order valence-corrected chi connectivity index (χ0v) is 13.3. The van der Waals surface area contributed by atoms with Gasteiger partial charge in [-0.1, -0.05) is 37.3 Å². The zero-order valence-electron chi connectivity index (χ0n) is 13.3. The van der Waals surface area contributed by atoms with E-state index in [2.05, 4.69) is 42.6 Å². The summed E-state index contributed by atoms with van der Waals surface area (Å²) in [4.78, 5) is 0. The Morgan fingerprint density at radius 1 is 0.952 bits per heavy atom. The first-order valence-corrected chi connectivity index (χ1v) is 9.11. The maximum Gasteiger partial charge on any atom is 0.0127 e. The van der Waals surface area contributed by atoms with Gasteiger partial charge in [-0.25, -0.2) is 0 Å². The average molecular weight is 283 g/mol. The largest absolute Gasteiger partial charge is 0.310 e. The van der Waals surface area contributed by atoms with Gasteiger partial charge in [-0.3, -0.25) is 0 Å². The minimum Gasteiger partial charge on any atom is -0.310 e. The fourth-order valence-electron chi connectivity index (χ4n) is 5.69.